The average Bonchev–Trinajstić information content (AvgIpc) is 2.87. The van der Waals surface area contributed by atoms with Gasteiger partial charge in [-0.25, -0.2) is 4.39 Å². The lowest BCUT2D eigenvalue weighted by Gasteiger charge is -2.38. The van der Waals surface area contributed by atoms with Crippen LogP contribution < -0.4 is 0 Å². The standard InChI is InChI=1S/C19H20FNS/c1-21-12-10-19(11-13-21)17-5-3-2-4-16(17)18(22-19)14-6-8-15(20)9-7-14/h2-9,18H,10-13H2,1H3/t18-/m1/s1. The average molecular weight is 313 g/mol. The molecule has 2 aliphatic rings. The maximum absolute atomic E-state index is 13.2. The SMILES string of the molecule is CN1CCC2(CC1)S[C@H](c1ccc(F)cc1)c1ccccc12. The molecule has 3 heteroatoms. The highest BCUT2D eigenvalue weighted by Crippen LogP contribution is 2.61. The van der Waals surface area contributed by atoms with Crippen molar-refractivity contribution in [3.63, 3.8) is 0 Å². The Morgan fingerprint density at radius 3 is 2.45 bits per heavy atom. The number of likely N-dealkylation sites (tertiary alicyclic amines) is 1. The molecule has 1 saturated heterocycles. The number of hydrogen-bond acceptors (Lipinski definition) is 2. The maximum Gasteiger partial charge on any atom is 0.123 e. The summed E-state index contributed by atoms with van der Waals surface area (Å²) in [5.41, 5.74) is 4.14. The quantitative estimate of drug-likeness (QED) is 0.758. The molecule has 1 atom stereocenters. The maximum atomic E-state index is 13.2. The van der Waals surface area contributed by atoms with Gasteiger partial charge in [0.05, 0.1) is 5.25 Å². The molecular formula is C19H20FNS. The number of fused-ring (bicyclic) bond motifs is 2. The van der Waals surface area contributed by atoms with E-state index in [1.165, 1.54) is 29.5 Å². The fourth-order valence-corrected chi connectivity index (χ4v) is 5.55. The molecule has 2 aliphatic heterocycles. The molecule has 1 fully saturated rings. The van der Waals surface area contributed by atoms with Crippen LogP contribution in [0.2, 0.25) is 0 Å². The molecule has 4 rings (SSSR count). The van der Waals surface area contributed by atoms with E-state index < -0.39 is 0 Å². The number of halogens is 1. The molecule has 114 valence electrons. The van der Waals surface area contributed by atoms with Crippen molar-refractivity contribution in [3.8, 4) is 0 Å². The molecule has 0 aromatic heterocycles. The first kappa shape index (κ1) is 14.3. The molecule has 0 radical (unpaired) electrons. The van der Waals surface area contributed by atoms with Gasteiger partial charge in [0.25, 0.3) is 0 Å². The van der Waals surface area contributed by atoms with Crippen molar-refractivity contribution in [2.45, 2.75) is 22.8 Å². The van der Waals surface area contributed by atoms with Crippen molar-refractivity contribution in [1.29, 1.82) is 0 Å². The van der Waals surface area contributed by atoms with Crippen molar-refractivity contribution in [2.24, 2.45) is 0 Å². The van der Waals surface area contributed by atoms with Gasteiger partial charge in [0.15, 0.2) is 0 Å². The van der Waals surface area contributed by atoms with Crippen molar-refractivity contribution >= 4 is 11.8 Å². The Bertz CT molecular complexity index is 674. The molecule has 0 N–H and O–H groups in total. The fourth-order valence-electron chi connectivity index (χ4n) is 3.75. The van der Waals surface area contributed by atoms with Gasteiger partial charge < -0.3 is 4.90 Å². The van der Waals surface area contributed by atoms with E-state index in [2.05, 4.69) is 48.0 Å². The van der Waals surface area contributed by atoms with E-state index in [9.17, 15) is 4.39 Å². The molecule has 0 aliphatic carbocycles. The second kappa shape index (κ2) is 5.39. The fraction of sp³-hybridized carbons (Fsp3) is 0.368. The lowest BCUT2D eigenvalue weighted by Crippen LogP contribution is -2.37. The van der Waals surface area contributed by atoms with Crippen LogP contribution in [-0.4, -0.2) is 25.0 Å². The van der Waals surface area contributed by atoms with E-state index in [-0.39, 0.29) is 10.6 Å². The number of piperidine rings is 1. The smallest absolute Gasteiger partial charge is 0.123 e. The highest BCUT2D eigenvalue weighted by atomic mass is 32.2. The summed E-state index contributed by atoms with van der Waals surface area (Å²) in [4.78, 5) is 2.42. The molecule has 0 amide bonds. The minimum absolute atomic E-state index is 0.158. The van der Waals surface area contributed by atoms with Crippen LogP contribution in [0.15, 0.2) is 48.5 Å². The zero-order valence-corrected chi connectivity index (χ0v) is 13.6. The zero-order chi connectivity index (χ0) is 15.2. The van der Waals surface area contributed by atoms with Gasteiger partial charge in [0.2, 0.25) is 0 Å². The van der Waals surface area contributed by atoms with Crippen LogP contribution in [0.4, 0.5) is 4.39 Å². The molecule has 1 nitrogen and oxygen atoms in total. The van der Waals surface area contributed by atoms with E-state index in [0.29, 0.717) is 5.25 Å². The third-order valence-corrected chi connectivity index (χ3v) is 6.89. The Balaban J connectivity index is 1.75. The number of nitrogens with zero attached hydrogens (tertiary/aromatic N) is 1. The van der Waals surface area contributed by atoms with E-state index >= 15 is 0 Å². The van der Waals surface area contributed by atoms with Gasteiger partial charge in [0.1, 0.15) is 5.82 Å². The highest BCUT2D eigenvalue weighted by Gasteiger charge is 2.45. The van der Waals surface area contributed by atoms with Gasteiger partial charge in [-0.15, -0.1) is 11.8 Å². The molecular weight excluding hydrogens is 293 g/mol. The van der Waals surface area contributed by atoms with E-state index in [1.54, 1.807) is 12.1 Å². The van der Waals surface area contributed by atoms with Crippen LogP contribution in [0.5, 0.6) is 0 Å². The van der Waals surface area contributed by atoms with Gasteiger partial charge >= 0.3 is 0 Å². The first-order valence-electron chi connectivity index (χ1n) is 7.89. The predicted molar refractivity (Wildman–Crippen MR) is 90.7 cm³/mol. The molecule has 0 saturated carbocycles. The van der Waals surface area contributed by atoms with E-state index in [4.69, 9.17) is 0 Å². The summed E-state index contributed by atoms with van der Waals surface area (Å²) in [6, 6.07) is 15.9. The largest absolute Gasteiger partial charge is 0.306 e. The summed E-state index contributed by atoms with van der Waals surface area (Å²) >= 11 is 2.07. The second-order valence-corrected chi connectivity index (χ2v) is 7.92. The second-order valence-electron chi connectivity index (χ2n) is 6.43. The summed E-state index contributed by atoms with van der Waals surface area (Å²) in [5.74, 6) is -0.158. The number of hydrogen-bond donors (Lipinski definition) is 0. The molecule has 2 aromatic carbocycles. The predicted octanol–water partition coefficient (Wildman–Crippen LogP) is 4.58. The van der Waals surface area contributed by atoms with Crippen molar-refractivity contribution in [2.75, 3.05) is 20.1 Å². The van der Waals surface area contributed by atoms with Crippen LogP contribution in [0.3, 0.4) is 0 Å². The summed E-state index contributed by atoms with van der Waals surface area (Å²) in [5, 5.41) is 0.334. The summed E-state index contributed by atoms with van der Waals surface area (Å²) in [7, 11) is 2.20. The van der Waals surface area contributed by atoms with Crippen molar-refractivity contribution < 1.29 is 4.39 Å². The minimum Gasteiger partial charge on any atom is -0.306 e. The van der Waals surface area contributed by atoms with Crippen molar-refractivity contribution in [1.82, 2.24) is 4.90 Å². The Labute approximate surface area is 135 Å². The molecule has 0 bridgehead atoms. The van der Waals surface area contributed by atoms with Crippen LogP contribution >= 0.6 is 11.8 Å². The first-order valence-corrected chi connectivity index (χ1v) is 8.77. The van der Waals surface area contributed by atoms with Gasteiger partial charge in [-0.3, -0.25) is 0 Å². The third-order valence-electron chi connectivity index (χ3n) is 5.05. The van der Waals surface area contributed by atoms with Gasteiger partial charge in [-0.2, -0.15) is 0 Å². The Morgan fingerprint density at radius 1 is 1.05 bits per heavy atom. The number of benzene rings is 2. The Morgan fingerprint density at radius 2 is 1.73 bits per heavy atom. The lowest BCUT2D eigenvalue weighted by molar-refractivity contribution is 0.241. The Kier molecular flexibility index (Phi) is 3.50. The van der Waals surface area contributed by atoms with E-state index in [1.807, 2.05) is 12.1 Å². The van der Waals surface area contributed by atoms with Gasteiger partial charge in [-0.1, -0.05) is 36.4 Å². The zero-order valence-electron chi connectivity index (χ0n) is 12.8. The van der Waals surface area contributed by atoms with E-state index in [0.717, 1.165) is 13.1 Å². The molecule has 0 unspecified atom stereocenters. The molecule has 1 spiro atoms. The van der Waals surface area contributed by atoms with Gasteiger partial charge in [0, 0.05) is 4.75 Å². The summed E-state index contributed by atoms with van der Waals surface area (Å²) in [6.45, 7) is 2.30. The highest BCUT2D eigenvalue weighted by molar-refractivity contribution is 8.01. The third kappa shape index (κ3) is 2.27. The first-order chi connectivity index (χ1) is 10.7. The lowest BCUT2D eigenvalue weighted by atomic mass is 9.84. The monoisotopic (exact) mass is 313 g/mol. The summed E-state index contributed by atoms with van der Waals surface area (Å²) in [6.07, 6.45) is 2.39. The van der Waals surface area contributed by atoms with Crippen LogP contribution in [0.1, 0.15) is 34.8 Å². The molecule has 22 heavy (non-hydrogen) atoms. The number of rotatable bonds is 1. The normalized spacial score (nSPS) is 23.6. The van der Waals surface area contributed by atoms with Crippen LogP contribution in [0.25, 0.3) is 0 Å². The minimum atomic E-state index is -0.158. The Hall–Kier alpha value is -1.32. The summed E-state index contributed by atoms with van der Waals surface area (Å²) < 4.78 is 13.5. The number of thioether (sulfide) groups is 1. The van der Waals surface area contributed by atoms with Crippen molar-refractivity contribution in [3.05, 3.63) is 71.0 Å². The molecule has 2 aromatic rings. The van der Waals surface area contributed by atoms with Gasteiger partial charge in [-0.05, 0) is 61.8 Å². The topological polar surface area (TPSA) is 3.24 Å². The van der Waals surface area contributed by atoms with Crippen LogP contribution in [0, 0.1) is 5.82 Å². The molecule has 2 heterocycles. The van der Waals surface area contributed by atoms with Crippen LogP contribution in [-0.2, 0) is 4.75 Å².